The van der Waals surface area contributed by atoms with Gasteiger partial charge in [-0.3, -0.25) is 39.1 Å². The van der Waals surface area contributed by atoms with Gasteiger partial charge in [-0.25, -0.2) is 0 Å². The summed E-state index contributed by atoms with van der Waals surface area (Å²) in [6.45, 7) is 8.55. The number of piperidine rings is 1. The SMILES string of the molecule is CN(CCC1CN(c2ccc(-c3ccc4c(c3)C(C)(C)C(=O)N4c3ccc(C#N)c(Cl)c3)cc2)C1)C1CCN(c2ccc3c(c2)C(=O)N(C2CCC(=O)NC2=O)C3=O)C1. The summed E-state index contributed by atoms with van der Waals surface area (Å²) in [6.07, 6.45) is 2.32. The van der Waals surface area contributed by atoms with Crippen molar-refractivity contribution >= 4 is 63.9 Å². The van der Waals surface area contributed by atoms with Crippen molar-refractivity contribution in [2.45, 2.75) is 57.0 Å². The number of anilines is 4. The summed E-state index contributed by atoms with van der Waals surface area (Å²) in [7, 11) is 2.18. The number of carbonyl (C=O) groups is 5. The molecule has 0 spiro atoms. The van der Waals surface area contributed by atoms with Crippen molar-refractivity contribution in [1.82, 2.24) is 15.1 Å². The molecule has 9 rings (SSSR count). The third kappa shape index (κ3) is 6.62. The number of benzene rings is 4. The Bertz CT molecular complexity index is 2490. The Labute approximate surface area is 347 Å². The molecule has 5 amide bonds. The normalized spacial score (nSPS) is 21.3. The second-order valence-electron chi connectivity index (χ2n) is 16.9. The minimum atomic E-state index is -0.974. The summed E-state index contributed by atoms with van der Waals surface area (Å²) in [6, 6.07) is 26.7. The molecule has 2 atom stereocenters. The van der Waals surface area contributed by atoms with E-state index in [9.17, 15) is 29.2 Å². The zero-order chi connectivity index (χ0) is 41.3. The van der Waals surface area contributed by atoms with Crippen molar-refractivity contribution in [1.29, 1.82) is 5.26 Å². The van der Waals surface area contributed by atoms with Crippen molar-refractivity contribution in [3.8, 4) is 17.2 Å². The van der Waals surface area contributed by atoms with Gasteiger partial charge < -0.3 is 14.7 Å². The lowest BCUT2D eigenvalue weighted by molar-refractivity contribution is -0.136. The summed E-state index contributed by atoms with van der Waals surface area (Å²) < 4.78 is 0. The van der Waals surface area contributed by atoms with Crippen molar-refractivity contribution in [3.05, 3.63) is 106 Å². The number of hydrogen-bond donors (Lipinski definition) is 1. The minimum absolute atomic E-state index is 0.0410. The number of nitrogens with zero attached hydrogens (tertiary/aromatic N) is 6. The van der Waals surface area contributed by atoms with Crippen LogP contribution >= 0.6 is 11.6 Å². The predicted octanol–water partition coefficient (Wildman–Crippen LogP) is 6.27. The Morgan fingerprint density at radius 2 is 1.53 bits per heavy atom. The lowest BCUT2D eigenvalue weighted by Crippen LogP contribution is -2.54. The first-order valence-electron chi connectivity index (χ1n) is 20.2. The van der Waals surface area contributed by atoms with E-state index >= 15 is 0 Å². The maximum atomic E-state index is 13.7. The van der Waals surface area contributed by atoms with E-state index in [1.54, 1.807) is 35.2 Å². The van der Waals surface area contributed by atoms with Gasteiger partial charge >= 0.3 is 0 Å². The van der Waals surface area contributed by atoms with Gasteiger partial charge in [-0.1, -0.05) is 29.8 Å². The lowest BCUT2D eigenvalue weighted by atomic mass is 9.84. The number of halogens is 1. The van der Waals surface area contributed by atoms with E-state index in [4.69, 9.17) is 11.6 Å². The number of nitriles is 1. The molecule has 12 nitrogen and oxygen atoms in total. The molecule has 1 N–H and O–H groups in total. The Balaban J connectivity index is 0.773. The highest BCUT2D eigenvalue weighted by Crippen LogP contribution is 2.47. The van der Waals surface area contributed by atoms with Gasteiger partial charge in [0, 0.05) is 50.0 Å². The Morgan fingerprint density at radius 1 is 0.814 bits per heavy atom. The van der Waals surface area contributed by atoms with Gasteiger partial charge in [-0.2, -0.15) is 5.26 Å². The number of likely N-dealkylation sites (N-methyl/N-ethyl adjacent to an activating group) is 1. The van der Waals surface area contributed by atoms with Crippen LogP contribution in [0.2, 0.25) is 5.02 Å². The molecule has 59 heavy (non-hydrogen) atoms. The predicted molar refractivity (Wildman–Crippen MR) is 225 cm³/mol. The van der Waals surface area contributed by atoms with Gasteiger partial charge in [0.05, 0.1) is 38.5 Å². The smallest absolute Gasteiger partial charge is 0.262 e. The molecule has 0 saturated carbocycles. The molecule has 2 unspecified atom stereocenters. The standard InChI is InChI=1S/C46H44ClN7O5/c1-46(2)37-20-29(7-13-39(37)53(45(46)59)33-10-6-30(23-48)38(47)22-33)28-4-8-31(9-5-28)52-24-27(25-52)16-18-50(3)34-17-19-51(26-34)32-11-12-35-36(21-32)44(58)54(43(35)57)40-14-15-41(55)49-42(40)56/h4-13,20-22,27,34,40H,14-19,24-26H2,1-3H3,(H,49,55,56). The monoisotopic (exact) mass is 809 g/mol. The molecule has 300 valence electrons. The fraction of sp³-hybridized carbons (Fsp3) is 0.348. The van der Waals surface area contributed by atoms with Crippen molar-refractivity contribution < 1.29 is 24.0 Å². The van der Waals surface area contributed by atoms with Crippen LogP contribution in [-0.2, 0) is 19.8 Å². The van der Waals surface area contributed by atoms with E-state index in [2.05, 4.69) is 63.5 Å². The third-order valence-corrected chi connectivity index (χ3v) is 13.3. The molecule has 4 aromatic carbocycles. The highest BCUT2D eigenvalue weighted by Gasteiger charge is 2.46. The highest BCUT2D eigenvalue weighted by atomic mass is 35.5. The van der Waals surface area contributed by atoms with E-state index < -0.39 is 35.1 Å². The van der Waals surface area contributed by atoms with Crippen molar-refractivity contribution in [3.63, 3.8) is 0 Å². The van der Waals surface area contributed by atoms with Crippen molar-refractivity contribution in [2.75, 3.05) is 54.5 Å². The quantitative estimate of drug-likeness (QED) is 0.194. The second-order valence-corrected chi connectivity index (χ2v) is 17.3. The van der Waals surface area contributed by atoms with E-state index in [-0.39, 0.29) is 18.7 Å². The summed E-state index contributed by atoms with van der Waals surface area (Å²) in [5.41, 5.74) is 6.86. The van der Waals surface area contributed by atoms with Crippen molar-refractivity contribution in [2.24, 2.45) is 5.92 Å². The minimum Gasteiger partial charge on any atom is -0.371 e. The molecule has 3 fully saturated rings. The van der Waals surface area contributed by atoms with Crippen LogP contribution in [0.25, 0.3) is 11.1 Å². The van der Waals surface area contributed by atoms with Gasteiger partial charge in [0.1, 0.15) is 12.1 Å². The van der Waals surface area contributed by atoms with Crippen LogP contribution in [0.3, 0.4) is 0 Å². The molecule has 5 aliphatic rings. The number of amides is 5. The molecule has 4 aromatic rings. The van der Waals surface area contributed by atoms with Crippen LogP contribution in [0, 0.1) is 17.2 Å². The topological polar surface area (TPSA) is 137 Å². The van der Waals surface area contributed by atoms with Crippen LogP contribution in [0.4, 0.5) is 22.7 Å². The maximum absolute atomic E-state index is 13.7. The first-order chi connectivity index (χ1) is 28.3. The Kier molecular flexibility index (Phi) is 9.56. The molecular weight excluding hydrogens is 766 g/mol. The Hall–Kier alpha value is -6.03. The van der Waals surface area contributed by atoms with Gasteiger partial charge in [-0.05, 0) is 130 Å². The van der Waals surface area contributed by atoms with E-state index in [0.717, 1.165) is 78.5 Å². The lowest BCUT2D eigenvalue weighted by Gasteiger charge is -2.42. The zero-order valence-corrected chi connectivity index (χ0v) is 34.0. The fourth-order valence-electron chi connectivity index (χ4n) is 9.29. The number of nitrogens with one attached hydrogen (secondary N) is 1. The molecule has 0 radical (unpaired) electrons. The van der Waals surface area contributed by atoms with Crippen LogP contribution in [0.5, 0.6) is 0 Å². The van der Waals surface area contributed by atoms with E-state index in [1.807, 2.05) is 32.0 Å². The number of rotatable bonds is 9. The molecule has 3 saturated heterocycles. The average Bonchev–Trinajstić information content (AvgIpc) is 3.86. The van der Waals surface area contributed by atoms with Gasteiger partial charge in [0.15, 0.2) is 0 Å². The summed E-state index contributed by atoms with van der Waals surface area (Å²) in [4.78, 5) is 74.1. The van der Waals surface area contributed by atoms with E-state index in [1.165, 1.54) is 5.69 Å². The molecule has 0 aliphatic carbocycles. The molecule has 5 heterocycles. The molecule has 5 aliphatic heterocycles. The van der Waals surface area contributed by atoms with Crippen LogP contribution in [0.1, 0.15) is 71.4 Å². The number of hydrogen-bond acceptors (Lipinski definition) is 9. The number of imide groups is 2. The van der Waals surface area contributed by atoms with Gasteiger partial charge in [0.2, 0.25) is 17.7 Å². The van der Waals surface area contributed by atoms with Crippen LogP contribution in [-0.4, -0.2) is 91.2 Å². The first kappa shape index (κ1) is 38.5. The number of carbonyl (C=O) groups excluding carboxylic acids is 5. The van der Waals surface area contributed by atoms with Crippen LogP contribution in [0.15, 0.2) is 78.9 Å². The van der Waals surface area contributed by atoms with Gasteiger partial charge in [0.25, 0.3) is 11.8 Å². The van der Waals surface area contributed by atoms with E-state index in [0.29, 0.717) is 39.4 Å². The molecular formula is C46H44ClN7O5. The first-order valence-corrected chi connectivity index (χ1v) is 20.5. The van der Waals surface area contributed by atoms with Gasteiger partial charge in [-0.15, -0.1) is 0 Å². The largest absolute Gasteiger partial charge is 0.371 e. The zero-order valence-electron chi connectivity index (χ0n) is 33.2. The molecule has 13 heteroatoms. The molecule has 0 aromatic heterocycles. The third-order valence-electron chi connectivity index (χ3n) is 13.0. The fourth-order valence-corrected chi connectivity index (χ4v) is 9.51. The second kappa shape index (κ2) is 14.7. The van der Waals surface area contributed by atoms with Crippen LogP contribution < -0.4 is 20.0 Å². The summed E-state index contributed by atoms with van der Waals surface area (Å²) in [5.74, 6) is -1.41. The number of fused-ring (bicyclic) bond motifs is 2. The average molecular weight is 810 g/mol. The Morgan fingerprint density at radius 3 is 2.25 bits per heavy atom. The highest BCUT2D eigenvalue weighted by molar-refractivity contribution is 6.32. The molecule has 0 bridgehead atoms. The maximum Gasteiger partial charge on any atom is 0.262 e. The summed E-state index contributed by atoms with van der Waals surface area (Å²) >= 11 is 6.34. The summed E-state index contributed by atoms with van der Waals surface area (Å²) in [5, 5.41) is 11.9.